The van der Waals surface area contributed by atoms with Gasteiger partial charge < -0.3 is 4.74 Å². The monoisotopic (exact) mass is 394 g/mol. The van der Waals surface area contributed by atoms with Crippen molar-refractivity contribution >= 4 is 34.4 Å². The summed E-state index contributed by atoms with van der Waals surface area (Å²) in [5.74, 6) is 0.882. The van der Waals surface area contributed by atoms with Gasteiger partial charge in [0, 0.05) is 10.5 Å². The summed E-state index contributed by atoms with van der Waals surface area (Å²) in [7, 11) is 0. The number of benzene rings is 4. The molecule has 0 N–H and O–H groups in total. The van der Waals surface area contributed by atoms with Gasteiger partial charge in [-0.2, -0.15) is 0 Å². The van der Waals surface area contributed by atoms with Crippen LogP contribution in [-0.4, -0.2) is 5.78 Å². The molecule has 1 heterocycles. The first kappa shape index (κ1) is 17.8. The fourth-order valence-electron chi connectivity index (χ4n) is 3.56. The smallest absolute Gasteiger partial charge is 0.200 e. The first-order valence-electron chi connectivity index (χ1n) is 9.51. The van der Waals surface area contributed by atoms with Crippen molar-refractivity contribution in [1.29, 1.82) is 0 Å². The SMILES string of the molecule is O=C1/C(=C/c2cccc(OCc3cccc4ccccc34)c2)Sc2ccccc21. The van der Waals surface area contributed by atoms with E-state index in [1.807, 2.05) is 66.7 Å². The molecular weight excluding hydrogens is 376 g/mol. The van der Waals surface area contributed by atoms with Gasteiger partial charge in [-0.15, -0.1) is 0 Å². The quantitative estimate of drug-likeness (QED) is 0.358. The second kappa shape index (κ2) is 7.61. The van der Waals surface area contributed by atoms with Crippen LogP contribution in [0.25, 0.3) is 16.8 Å². The van der Waals surface area contributed by atoms with E-state index in [0.717, 1.165) is 32.2 Å². The molecule has 29 heavy (non-hydrogen) atoms. The molecule has 0 atom stereocenters. The molecule has 0 fully saturated rings. The van der Waals surface area contributed by atoms with Crippen LogP contribution in [0.5, 0.6) is 5.75 Å². The average molecular weight is 394 g/mol. The third-order valence-corrected chi connectivity index (χ3v) is 6.10. The van der Waals surface area contributed by atoms with Crippen LogP contribution in [0, 0.1) is 0 Å². The van der Waals surface area contributed by atoms with Crippen LogP contribution in [0.4, 0.5) is 0 Å². The molecule has 0 bridgehead atoms. The van der Waals surface area contributed by atoms with Gasteiger partial charge in [0.15, 0.2) is 0 Å². The lowest BCUT2D eigenvalue weighted by Crippen LogP contribution is -1.97. The number of fused-ring (bicyclic) bond motifs is 2. The van der Waals surface area contributed by atoms with Crippen molar-refractivity contribution in [3.8, 4) is 5.75 Å². The number of allylic oxidation sites excluding steroid dienone is 1. The van der Waals surface area contributed by atoms with Gasteiger partial charge in [0.2, 0.25) is 5.78 Å². The molecule has 0 radical (unpaired) electrons. The van der Waals surface area contributed by atoms with Gasteiger partial charge in [-0.25, -0.2) is 0 Å². The highest BCUT2D eigenvalue weighted by atomic mass is 32.2. The molecule has 4 aromatic carbocycles. The second-order valence-corrected chi connectivity index (χ2v) is 8.02. The van der Waals surface area contributed by atoms with Gasteiger partial charge in [0.05, 0.1) is 4.91 Å². The lowest BCUT2D eigenvalue weighted by Gasteiger charge is -2.10. The molecule has 0 saturated heterocycles. The highest BCUT2D eigenvalue weighted by Gasteiger charge is 2.25. The Balaban J connectivity index is 1.36. The number of hydrogen-bond donors (Lipinski definition) is 0. The van der Waals surface area contributed by atoms with Gasteiger partial charge in [-0.3, -0.25) is 4.79 Å². The molecule has 4 aromatic rings. The van der Waals surface area contributed by atoms with Gasteiger partial charge in [0.1, 0.15) is 12.4 Å². The zero-order valence-corrected chi connectivity index (χ0v) is 16.5. The minimum Gasteiger partial charge on any atom is -0.489 e. The molecule has 0 spiro atoms. The number of rotatable bonds is 4. The zero-order chi connectivity index (χ0) is 19.6. The molecule has 5 rings (SSSR count). The molecule has 2 nitrogen and oxygen atoms in total. The van der Waals surface area contributed by atoms with E-state index in [2.05, 4.69) is 30.3 Å². The van der Waals surface area contributed by atoms with Crippen molar-refractivity contribution in [2.24, 2.45) is 0 Å². The van der Waals surface area contributed by atoms with Crippen LogP contribution in [0.2, 0.25) is 0 Å². The summed E-state index contributed by atoms with van der Waals surface area (Å²) < 4.78 is 6.07. The minimum atomic E-state index is 0.0904. The van der Waals surface area contributed by atoms with Gasteiger partial charge in [0.25, 0.3) is 0 Å². The van der Waals surface area contributed by atoms with Crippen molar-refractivity contribution in [3.63, 3.8) is 0 Å². The summed E-state index contributed by atoms with van der Waals surface area (Å²) in [5, 5.41) is 2.42. The molecule has 3 heteroatoms. The van der Waals surface area contributed by atoms with Crippen molar-refractivity contribution in [2.75, 3.05) is 0 Å². The third kappa shape index (κ3) is 3.57. The largest absolute Gasteiger partial charge is 0.489 e. The molecule has 0 amide bonds. The summed E-state index contributed by atoms with van der Waals surface area (Å²) in [4.78, 5) is 14.4. The second-order valence-electron chi connectivity index (χ2n) is 6.94. The summed E-state index contributed by atoms with van der Waals surface area (Å²) in [6.07, 6.45) is 1.94. The summed E-state index contributed by atoms with van der Waals surface area (Å²) in [6, 6.07) is 30.2. The maximum absolute atomic E-state index is 12.6. The number of Topliss-reactive ketones (excluding diaryl/α,β-unsaturated/α-hetero) is 1. The zero-order valence-electron chi connectivity index (χ0n) is 15.7. The number of carbonyl (C=O) groups excluding carboxylic acids is 1. The predicted molar refractivity (Wildman–Crippen MR) is 119 cm³/mol. The van der Waals surface area contributed by atoms with Crippen molar-refractivity contribution in [1.82, 2.24) is 0 Å². The molecule has 0 unspecified atom stereocenters. The van der Waals surface area contributed by atoms with E-state index >= 15 is 0 Å². The van der Waals surface area contributed by atoms with Crippen molar-refractivity contribution in [2.45, 2.75) is 11.5 Å². The molecule has 1 aliphatic heterocycles. The lowest BCUT2D eigenvalue weighted by molar-refractivity contribution is 0.104. The highest BCUT2D eigenvalue weighted by Crippen LogP contribution is 2.40. The van der Waals surface area contributed by atoms with E-state index in [1.54, 1.807) is 0 Å². The van der Waals surface area contributed by atoms with Crippen LogP contribution in [0.3, 0.4) is 0 Å². The number of ketones is 1. The molecular formula is C26H18O2S. The molecule has 0 aliphatic carbocycles. The van der Waals surface area contributed by atoms with Gasteiger partial charge in [-0.05, 0) is 52.2 Å². The molecule has 0 saturated carbocycles. The normalized spacial score (nSPS) is 14.3. The van der Waals surface area contributed by atoms with Crippen LogP contribution in [0.1, 0.15) is 21.5 Å². The fourth-order valence-corrected chi connectivity index (χ4v) is 4.61. The number of hydrogen-bond acceptors (Lipinski definition) is 3. The Kier molecular flexibility index (Phi) is 4.66. The van der Waals surface area contributed by atoms with E-state index in [9.17, 15) is 4.79 Å². The third-order valence-electron chi connectivity index (χ3n) is 5.01. The maximum atomic E-state index is 12.6. The first-order valence-corrected chi connectivity index (χ1v) is 10.3. The first-order chi connectivity index (χ1) is 14.3. The van der Waals surface area contributed by atoms with E-state index in [4.69, 9.17) is 4.74 Å². The Labute approximate surface area is 173 Å². The Hall–Kier alpha value is -3.30. The average Bonchev–Trinajstić information content (AvgIpc) is 3.08. The van der Waals surface area contributed by atoms with Crippen LogP contribution < -0.4 is 4.74 Å². The van der Waals surface area contributed by atoms with Crippen molar-refractivity contribution in [3.05, 3.63) is 113 Å². The minimum absolute atomic E-state index is 0.0904. The highest BCUT2D eigenvalue weighted by molar-refractivity contribution is 8.04. The Morgan fingerprint density at radius 1 is 0.828 bits per heavy atom. The van der Waals surface area contributed by atoms with Gasteiger partial charge >= 0.3 is 0 Å². The summed E-state index contributed by atoms with van der Waals surface area (Å²) in [5.41, 5.74) is 2.90. The predicted octanol–water partition coefficient (Wildman–Crippen LogP) is 6.75. The summed E-state index contributed by atoms with van der Waals surface area (Å²) in [6.45, 7) is 0.500. The van der Waals surface area contributed by atoms with Crippen LogP contribution >= 0.6 is 11.8 Å². The Morgan fingerprint density at radius 3 is 2.55 bits per heavy atom. The Bertz CT molecular complexity index is 1250. The standard InChI is InChI=1S/C26H18O2S/c27-26-23-13-3-4-14-24(23)29-25(26)16-18-7-5-11-21(15-18)28-17-20-10-6-9-19-8-1-2-12-22(19)20/h1-16H,17H2/b25-16-. The van der Waals surface area contributed by atoms with Gasteiger partial charge in [-0.1, -0.05) is 78.5 Å². The van der Waals surface area contributed by atoms with E-state index in [-0.39, 0.29) is 5.78 Å². The van der Waals surface area contributed by atoms with E-state index in [0.29, 0.717) is 6.61 Å². The molecule has 0 aromatic heterocycles. The lowest BCUT2D eigenvalue weighted by atomic mass is 10.1. The fraction of sp³-hybridized carbons (Fsp3) is 0.0385. The number of carbonyl (C=O) groups is 1. The topological polar surface area (TPSA) is 26.3 Å². The molecule has 1 aliphatic rings. The van der Waals surface area contributed by atoms with E-state index < -0.39 is 0 Å². The van der Waals surface area contributed by atoms with E-state index in [1.165, 1.54) is 22.5 Å². The maximum Gasteiger partial charge on any atom is 0.200 e. The Morgan fingerprint density at radius 2 is 1.62 bits per heavy atom. The number of ether oxygens (including phenoxy) is 1. The number of thioether (sulfide) groups is 1. The van der Waals surface area contributed by atoms with Crippen LogP contribution in [-0.2, 0) is 6.61 Å². The van der Waals surface area contributed by atoms with Crippen molar-refractivity contribution < 1.29 is 9.53 Å². The van der Waals surface area contributed by atoms with Crippen LogP contribution in [0.15, 0.2) is 101 Å². The molecule has 140 valence electrons. The summed E-state index contributed by atoms with van der Waals surface area (Å²) >= 11 is 1.53.